The summed E-state index contributed by atoms with van der Waals surface area (Å²) in [7, 11) is 0. The summed E-state index contributed by atoms with van der Waals surface area (Å²) < 4.78 is 5.61. The van der Waals surface area contributed by atoms with Gasteiger partial charge in [0.15, 0.2) is 5.58 Å². The van der Waals surface area contributed by atoms with E-state index >= 15 is 0 Å². The number of nitrogens with zero attached hydrogens (tertiary/aromatic N) is 1. The van der Waals surface area contributed by atoms with Crippen LogP contribution in [0.15, 0.2) is 16.5 Å². The lowest BCUT2D eigenvalue weighted by molar-refractivity contribution is 0.388. The molecule has 0 saturated heterocycles. The monoisotopic (exact) mass is 240 g/mol. The van der Waals surface area contributed by atoms with Crippen LogP contribution in [0.3, 0.4) is 0 Å². The third-order valence-corrected chi connectivity index (χ3v) is 2.55. The maximum Gasteiger partial charge on any atom is 0.200 e. The van der Waals surface area contributed by atoms with Gasteiger partial charge >= 0.3 is 0 Å². The second-order valence-electron chi connectivity index (χ2n) is 4.68. The van der Waals surface area contributed by atoms with E-state index in [1.807, 2.05) is 26.3 Å². The molecule has 4 nitrogen and oxygen atoms in total. The summed E-state index contributed by atoms with van der Waals surface area (Å²) in [6, 6.07) is 3.29. The molecule has 86 valence electrons. The van der Waals surface area contributed by atoms with Gasteiger partial charge in [0.25, 0.3) is 0 Å². The first-order valence-corrected chi connectivity index (χ1v) is 5.30. The minimum Gasteiger partial charge on any atom is -0.440 e. The number of rotatable bonds is 1. The minimum atomic E-state index is -0.154. The Bertz CT molecular complexity index is 528. The van der Waals surface area contributed by atoms with Crippen LogP contribution in [-0.4, -0.2) is 10.2 Å². The standard InChI is InChI=1S/C11H13ClN2O2/c1-11(2,3)10-13-8-4-6(12)7(14-15)5-9(8)16-10/h4-5,14-15H,1-3H3. The minimum absolute atomic E-state index is 0.154. The molecule has 0 aliphatic heterocycles. The van der Waals surface area contributed by atoms with Crippen LogP contribution in [0.2, 0.25) is 5.02 Å². The van der Waals surface area contributed by atoms with Crippen LogP contribution in [0.25, 0.3) is 11.1 Å². The largest absolute Gasteiger partial charge is 0.440 e. The lowest BCUT2D eigenvalue weighted by Gasteiger charge is -2.11. The number of hydrogen-bond acceptors (Lipinski definition) is 4. The molecule has 2 aromatic rings. The molecule has 0 amide bonds. The number of nitrogens with one attached hydrogen (secondary N) is 1. The van der Waals surface area contributed by atoms with Crippen LogP contribution in [0.5, 0.6) is 0 Å². The molecule has 1 aromatic carbocycles. The smallest absolute Gasteiger partial charge is 0.200 e. The van der Waals surface area contributed by atoms with Crippen molar-refractivity contribution in [3.63, 3.8) is 0 Å². The summed E-state index contributed by atoms with van der Waals surface area (Å²) in [4.78, 5) is 4.36. The van der Waals surface area contributed by atoms with E-state index in [-0.39, 0.29) is 5.41 Å². The number of aromatic nitrogens is 1. The molecular weight excluding hydrogens is 228 g/mol. The van der Waals surface area contributed by atoms with E-state index in [1.54, 1.807) is 12.1 Å². The highest BCUT2D eigenvalue weighted by Crippen LogP contribution is 2.31. The molecule has 0 aliphatic carbocycles. The van der Waals surface area contributed by atoms with E-state index in [0.717, 1.165) is 0 Å². The zero-order valence-corrected chi connectivity index (χ0v) is 10.1. The highest BCUT2D eigenvalue weighted by atomic mass is 35.5. The molecule has 5 heteroatoms. The van der Waals surface area contributed by atoms with E-state index in [0.29, 0.717) is 27.7 Å². The first kappa shape index (κ1) is 11.2. The van der Waals surface area contributed by atoms with Crippen molar-refractivity contribution in [1.29, 1.82) is 0 Å². The molecule has 2 rings (SSSR count). The summed E-state index contributed by atoms with van der Waals surface area (Å²) >= 11 is 5.92. The second-order valence-corrected chi connectivity index (χ2v) is 5.09. The summed E-state index contributed by atoms with van der Waals surface area (Å²) in [6.45, 7) is 6.06. The summed E-state index contributed by atoms with van der Waals surface area (Å²) in [6.07, 6.45) is 0. The Morgan fingerprint density at radius 2 is 2.06 bits per heavy atom. The lowest BCUT2D eigenvalue weighted by Crippen LogP contribution is -2.10. The summed E-state index contributed by atoms with van der Waals surface area (Å²) in [5.74, 6) is 0.647. The predicted octanol–water partition coefficient (Wildman–Crippen LogP) is 3.58. The first-order valence-electron chi connectivity index (χ1n) is 4.92. The molecule has 1 aromatic heterocycles. The van der Waals surface area contributed by atoms with Gasteiger partial charge in [-0.15, -0.1) is 0 Å². The summed E-state index contributed by atoms with van der Waals surface area (Å²) in [5, 5.41) is 9.25. The first-order chi connectivity index (χ1) is 7.41. The quantitative estimate of drug-likeness (QED) is 0.748. The number of halogens is 1. The molecule has 2 N–H and O–H groups in total. The van der Waals surface area contributed by atoms with Crippen LogP contribution >= 0.6 is 11.6 Å². The van der Waals surface area contributed by atoms with Gasteiger partial charge in [-0.2, -0.15) is 0 Å². The highest BCUT2D eigenvalue weighted by Gasteiger charge is 2.21. The zero-order valence-electron chi connectivity index (χ0n) is 9.34. The van der Waals surface area contributed by atoms with Gasteiger partial charge in [0.2, 0.25) is 5.89 Å². The fraction of sp³-hybridized carbons (Fsp3) is 0.364. The van der Waals surface area contributed by atoms with Crippen molar-refractivity contribution < 1.29 is 9.62 Å². The molecule has 1 heterocycles. The van der Waals surface area contributed by atoms with E-state index < -0.39 is 0 Å². The van der Waals surface area contributed by atoms with E-state index in [1.165, 1.54) is 0 Å². The van der Waals surface area contributed by atoms with Crippen molar-refractivity contribution in [1.82, 2.24) is 4.98 Å². The normalized spacial score (nSPS) is 12.1. The Hall–Kier alpha value is -1.26. The molecule has 0 radical (unpaired) electrons. The third kappa shape index (κ3) is 1.86. The number of hydrogen-bond donors (Lipinski definition) is 2. The highest BCUT2D eigenvalue weighted by molar-refractivity contribution is 6.33. The van der Waals surface area contributed by atoms with Crippen LogP contribution in [-0.2, 0) is 5.41 Å². The zero-order chi connectivity index (χ0) is 11.9. The molecule has 0 unspecified atom stereocenters. The van der Waals surface area contributed by atoms with Crippen molar-refractivity contribution in [2.45, 2.75) is 26.2 Å². The maximum atomic E-state index is 8.85. The molecule has 0 bridgehead atoms. The Kier molecular flexibility index (Phi) is 2.56. The van der Waals surface area contributed by atoms with Crippen LogP contribution in [0.1, 0.15) is 26.7 Å². The molecule has 0 fully saturated rings. The maximum absolute atomic E-state index is 8.85. The number of oxazole rings is 1. The number of anilines is 1. The van der Waals surface area contributed by atoms with Crippen molar-refractivity contribution in [2.24, 2.45) is 0 Å². The molecular formula is C11H13ClN2O2. The van der Waals surface area contributed by atoms with Crippen molar-refractivity contribution in [3.8, 4) is 0 Å². The van der Waals surface area contributed by atoms with E-state index in [2.05, 4.69) is 4.98 Å². The Labute approximate surface area is 98.2 Å². The Morgan fingerprint density at radius 1 is 1.38 bits per heavy atom. The summed E-state index contributed by atoms with van der Waals surface area (Å²) in [5.41, 5.74) is 3.56. The number of benzene rings is 1. The lowest BCUT2D eigenvalue weighted by atomic mass is 9.97. The average Bonchev–Trinajstić information content (AvgIpc) is 2.58. The SMILES string of the molecule is CC(C)(C)c1nc2cc(Cl)c(NO)cc2o1. The van der Waals surface area contributed by atoms with Gasteiger partial charge in [0, 0.05) is 11.5 Å². The fourth-order valence-corrected chi connectivity index (χ4v) is 1.56. The second kappa shape index (κ2) is 3.64. The van der Waals surface area contributed by atoms with E-state index in [4.69, 9.17) is 21.2 Å². The van der Waals surface area contributed by atoms with Gasteiger partial charge in [-0.25, -0.2) is 4.98 Å². The molecule has 0 spiro atoms. The predicted molar refractivity (Wildman–Crippen MR) is 63.1 cm³/mol. The van der Waals surface area contributed by atoms with Crippen LogP contribution < -0.4 is 5.48 Å². The molecule has 0 aliphatic rings. The van der Waals surface area contributed by atoms with Crippen molar-refractivity contribution >= 4 is 28.4 Å². The topological polar surface area (TPSA) is 58.3 Å². The van der Waals surface area contributed by atoms with Gasteiger partial charge in [0.05, 0.1) is 10.7 Å². The third-order valence-electron chi connectivity index (χ3n) is 2.24. The van der Waals surface area contributed by atoms with Gasteiger partial charge in [-0.1, -0.05) is 32.4 Å². The molecule has 0 atom stereocenters. The average molecular weight is 241 g/mol. The number of fused-ring (bicyclic) bond motifs is 1. The van der Waals surface area contributed by atoms with Crippen molar-refractivity contribution in [3.05, 3.63) is 23.0 Å². The Balaban J connectivity index is 2.63. The van der Waals surface area contributed by atoms with Gasteiger partial charge in [-0.05, 0) is 6.07 Å². The fourth-order valence-electron chi connectivity index (χ4n) is 1.35. The van der Waals surface area contributed by atoms with Crippen molar-refractivity contribution in [2.75, 3.05) is 5.48 Å². The van der Waals surface area contributed by atoms with Gasteiger partial charge in [-0.3, -0.25) is 10.7 Å². The molecule has 0 saturated carbocycles. The van der Waals surface area contributed by atoms with Crippen LogP contribution in [0.4, 0.5) is 5.69 Å². The van der Waals surface area contributed by atoms with Gasteiger partial charge < -0.3 is 4.42 Å². The van der Waals surface area contributed by atoms with E-state index in [9.17, 15) is 0 Å². The van der Waals surface area contributed by atoms with Crippen LogP contribution in [0, 0.1) is 0 Å². The molecule has 16 heavy (non-hydrogen) atoms. The van der Waals surface area contributed by atoms with Gasteiger partial charge in [0.1, 0.15) is 5.52 Å². The Morgan fingerprint density at radius 3 is 2.62 bits per heavy atom.